The fourth-order valence-electron chi connectivity index (χ4n) is 4.81. The topological polar surface area (TPSA) is 80.3 Å². The number of piperazine rings is 1. The third-order valence-electron chi connectivity index (χ3n) is 7.04. The van der Waals surface area contributed by atoms with E-state index in [1.807, 2.05) is 78.9 Å². The van der Waals surface area contributed by atoms with E-state index < -0.39 is 12.0 Å². The van der Waals surface area contributed by atoms with Gasteiger partial charge in [0.05, 0.1) is 26.4 Å². The van der Waals surface area contributed by atoms with E-state index in [2.05, 4.69) is 10.2 Å². The summed E-state index contributed by atoms with van der Waals surface area (Å²) in [5, 5.41) is 3.58. The minimum absolute atomic E-state index is 0.205. The Morgan fingerprint density at radius 3 is 2.37 bits per heavy atom. The van der Waals surface area contributed by atoms with Crippen molar-refractivity contribution in [1.29, 1.82) is 0 Å². The number of amides is 2. The van der Waals surface area contributed by atoms with Gasteiger partial charge in [0.15, 0.2) is 0 Å². The normalized spacial score (nSPS) is 15.1. The summed E-state index contributed by atoms with van der Waals surface area (Å²) in [6.45, 7) is 5.51. The van der Waals surface area contributed by atoms with Crippen molar-refractivity contribution in [3.05, 3.63) is 101 Å². The third kappa shape index (κ3) is 9.21. The van der Waals surface area contributed by atoms with Crippen LogP contribution in [0.15, 0.2) is 78.9 Å². The molecule has 0 bridgehead atoms. The molecule has 0 spiro atoms. The van der Waals surface area contributed by atoms with Crippen LogP contribution in [0, 0.1) is 0 Å². The van der Waals surface area contributed by atoms with E-state index in [0.29, 0.717) is 50.8 Å². The average molecular weight is 580 g/mol. The van der Waals surface area contributed by atoms with Gasteiger partial charge >= 0.3 is 12.0 Å². The van der Waals surface area contributed by atoms with Crippen molar-refractivity contribution in [1.82, 2.24) is 15.1 Å². The molecule has 1 aliphatic rings. The number of benzene rings is 3. The number of carbonyl (C=O) groups excluding carboxylic acids is 2. The molecule has 1 N–H and O–H groups in total. The highest BCUT2D eigenvalue weighted by Crippen LogP contribution is 2.25. The molecule has 0 aliphatic carbocycles. The van der Waals surface area contributed by atoms with Gasteiger partial charge in [-0.1, -0.05) is 66.2 Å². The lowest BCUT2D eigenvalue weighted by Gasteiger charge is -2.37. The highest BCUT2D eigenvalue weighted by molar-refractivity contribution is 6.30. The first-order valence-corrected chi connectivity index (χ1v) is 14.3. The van der Waals surface area contributed by atoms with Gasteiger partial charge in [0.1, 0.15) is 11.8 Å². The standard InChI is InChI=1S/C32H38ClN3O5/c1-3-40-31(37)29(20-24-9-5-4-6-10-24)34-32(38)36-17-15-35(16-18-36)22-30(26-12-8-14-28(21-26)39-2)41-23-25-11-7-13-27(33)19-25/h4-14,19,21,29-30H,3,15-18,20,22-23H2,1-2H3,(H,34,38). The summed E-state index contributed by atoms with van der Waals surface area (Å²) in [6.07, 6.45) is 0.168. The van der Waals surface area contributed by atoms with Crippen molar-refractivity contribution >= 4 is 23.6 Å². The first-order chi connectivity index (χ1) is 19.9. The molecule has 4 rings (SSSR count). The number of halogens is 1. The fourth-order valence-corrected chi connectivity index (χ4v) is 5.03. The molecule has 0 aromatic heterocycles. The average Bonchev–Trinajstić information content (AvgIpc) is 3.00. The maximum atomic E-state index is 13.2. The zero-order chi connectivity index (χ0) is 29.0. The number of nitrogens with one attached hydrogen (secondary N) is 1. The van der Waals surface area contributed by atoms with E-state index in [0.717, 1.165) is 22.4 Å². The van der Waals surface area contributed by atoms with Crippen molar-refractivity contribution < 1.29 is 23.8 Å². The molecule has 2 unspecified atom stereocenters. The summed E-state index contributed by atoms with van der Waals surface area (Å²) in [6, 6.07) is 24.2. The summed E-state index contributed by atoms with van der Waals surface area (Å²) in [5.41, 5.74) is 2.97. The summed E-state index contributed by atoms with van der Waals surface area (Å²) >= 11 is 6.17. The molecule has 1 saturated heterocycles. The number of hydrogen-bond acceptors (Lipinski definition) is 6. The molecule has 41 heavy (non-hydrogen) atoms. The van der Waals surface area contributed by atoms with Crippen LogP contribution in [0.1, 0.15) is 29.7 Å². The van der Waals surface area contributed by atoms with Crippen LogP contribution in [-0.4, -0.2) is 74.3 Å². The van der Waals surface area contributed by atoms with Gasteiger partial charge in [-0.2, -0.15) is 0 Å². The minimum atomic E-state index is -0.750. The van der Waals surface area contributed by atoms with Crippen molar-refractivity contribution in [3.63, 3.8) is 0 Å². The van der Waals surface area contributed by atoms with E-state index in [-0.39, 0.29) is 18.7 Å². The number of ether oxygens (including phenoxy) is 3. The number of hydrogen-bond donors (Lipinski definition) is 1. The lowest BCUT2D eigenvalue weighted by atomic mass is 10.1. The fraction of sp³-hybridized carbons (Fsp3) is 0.375. The van der Waals surface area contributed by atoms with Crippen molar-refractivity contribution in [3.8, 4) is 5.75 Å². The molecule has 0 radical (unpaired) electrons. The Bertz CT molecular complexity index is 1270. The van der Waals surface area contributed by atoms with Gasteiger partial charge in [0, 0.05) is 44.2 Å². The van der Waals surface area contributed by atoms with Crippen LogP contribution in [0.25, 0.3) is 0 Å². The second-order valence-electron chi connectivity index (χ2n) is 9.94. The van der Waals surface area contributed by atoms with Gasteiger partial charge in [-0.15, -0.1) is 0 Å². The number of carbonyl (C=O) groups is 2. The lowest BCUT2D eigenvalue weighted by molar-refractivity contribution is -0.145. The smallest absolute Gasteiger partial charge is 0.329 e. The number of methoxy groups -OCH3 is 1. The highest BCUT2D eigenvalue weighted by Gasteiger charge is 2.28. The Kier molecular flexibility index (Phi) is 11.4. The molecule has 3 aromatic carbocycles. The van der Waals surface area contributed by atoms with Crippen LogP contribution in [0.4, 0.5) is 4.79 Å². The van der Waals surface area contributed by atoms with Gasteiger partial charge < -0.3 is 24.4 Å². The summed E-state index contributed by atoms with van der Waals surface area (Å²) in [7, 11) is 1.65. The first-order valence-electron chi connectivity index (χ1n) is 13.9. The predicted octanol–water partition coefficient (Wildman–Crippen LogP) is 5.11. The number of esters is 1. The molecular weight excluding hydrogens is 542 g/mol. The van der Waals surface area contributed by atoms with E-state index in [4.69, 9.17) is 25.8 Å². The van der Waals surface area contributed by atoms with E-state index >= 15 is 0 Å². The van der Waals surface area contributed by atoms with Crippen molar-refractivity contribution in [2.45, 2.75) is 32.1 Å². The van der Waals surface area contributed by atoms with E-state index in [1.54, 1.807) is 18.9 Å². The Hall–Kier alpha value is -3.59. The third-order valence-corrected chi connectivity index (χ3v) is 7.28. The quantitative estimate of drug-likeness (QED) is 0.301. The Labute approximate surface area is 247 Å². The molecular formula is C32H38ClN3O5. The van der Waals surface area contributed by atoms with Crippen LogP contribution in [0.3, 0.4) is 0 Å². The molecule has 8 nitrogen and oxygen atoms in total. The zero-order valence-electron chi connectivity index (χ0n) is 23.6. The van der Waals surface area contributed by atoms with Crippen molar-refractivity contribution in [2.24, 2.45) is 0 Å². The molecule has 218 valence electrons. The van der Waals surface area contributed by atoms with E-state index in [1.165, 1.54) is 0 Å². The van der Waals surface area contributed by atoms with Crippen LogP contribution < -0.4 is 10.1 Å². The molecule has 1 fully saturated rings. The first kappa shape index (κ1) is 30.4. The van der Waals surface area contributed by atoms with Crippen LogP contribution >= 0.6 is 11.6 Å². The molecule has 0 saturated carbocycles. The largest absolute Gasteiger partial charge is 0.497 e. The van der Waals surface area contributed by atoms with E-state index in [9.17, 15) is 9.59 Å². The molecule has 1 aliphatic heterocycles. The van der Waals surface area contributed by atoms with Gasteiger partial charge in [0.2, 0.25) is 0 Å². The summed E-state index contributed by atoms with van der Waals surface area (Å²) in [4.78, 5) is 29.8. The van der Waals surface area contributed by atoms with Crippen molar-refractivity contribution in [2.75, 3.05) is 46.4 Å². The van der Waals surface area contributed by atoms with Gasteiger partial charge in [-0.3, -0.25) is 4.90 Å². The van der Waals surface area contributed by atoms with Crippen LogP contribution in [0.5, 0.6) is 5.75 Å². The van der Waals surface area contributed by atoms with Gasteiger partial charge in [0.25, 0.3) is 0 Å². The second kappa shape index (κ2) is 15.4. The Balaban J connectivity index is 1.36. The second-order valence-corrected chi connectivity index (χ2v) is 10.4. The van der Waals surface area contributed by atoms with Gasteiger partial charge in [-0.05, 0) is 47.9 Å². The Morgan fingerprint density at radius 1 is 0.927 bits per heavy atom. The molecule has 2 amide bonds. The SMILES string of the molecule is CCOC(=O)C(Cc1ccccc1)NC(=O)N1CCN(CC(OCc2cccc(Cl)c2)c2cccc(OC)c2)CC1. The zero-order valence-corrected chi connectivity index (χ0v) is 24.4. The predicted molar refractivity (Wildman–Crippen MR) is 159 cm³/mol. The number of nitrogens with zero attached hydrogens (tertiary/aromatic N) is 2. The van der Waals surface area contributed by atoms with Crippen LogP contribution in [0.2, 0.25) is 5.02 Å². The number of rotatable bonds is 12. The number of urea groups is 1. The molecule has 3 aromatic rings. The maximum Gasteiger partial charge on any atom is 0.329 e. The van der Waals surface area contributed by atoms with Gasteiger partial charge in [-0.25, -0.2) is 9.59 Å². The summed E-state index contributed by atoms with van der Waals surface area (Å²) < 4.78 is 17.1. The molecule has 9 heteroatoms. The molecule has 1 heterocycles. The monoisotopic (exact) mass is 579 g/mol. The van der Waals surface area contributed by atoms with Crippen LogP contribution in [-0.2, 0) is 27.3 Å². The summed E-state index contributed by atoms with van der Waals surface area (Å²) in [5.74, 6) is 0.341. The maximum absolute atomic E-state index is 13.2. The molecule has 2 atom stereocenters. The minimum Gasteiger partial charge on any atom is -0.497 e. The highest BCUT2D eigenvalue weighted by atomic mass is 35.5. The lowest BCUT2D eigenvalue weighted by Crippen LogP contribution is -2.55. The Morgan fingerprint density at radius 2 is 1.66 bits per heavy atom.